The molecule has 0 fully saturated rings. The van der Waals surface area contributed by atoms with Gasteiger partial charge in [0.1, 0.15) is 0 Å². The van der Waals surface area contributed by atoms with Crippen LogP contribution in [0.3, 0.4) is 0 Å². The fourth-order valence-corrected chi connectivity index (χ4v) is 9.18. The number of hydrogen-bond acceptors (Lipinski definition) is 1. The van der Waals surface area contributed by atoms with Crippen molar-refractivity contribution in [1.82, 2.24) is 9.88 Å². The van der Waals surface area contributed by atoms with Crippen LogP contribution in [-0.4, -0.2) is 4.57 Å². The number of benzene rings is 6. The predicted octanol–water partition coefficient (Wildman–Crippen LogP) is 13.3. The molecule has 6 aromatic carbocycles. The van der Waals surface area contributed by atoms with Crippen molar-refractivity contribution in [3.05, 3.63) is 223 Å². The highest BCUT2D eigenvalue weighted by molar-refractivity contribution is 6.16. The largest absolute Gasteiger partial charge is 0.362 e. The summed E-state index contributed by atoms with van der Waals surface area (Å²) < 4.78 is 2.49. The summed E-state index contributed by atoms with van der Waals surface area (Å²) in [6.45, 7) is 9.32. The molecule has 3 aliphatic rings. The summed E-state index contributed by atoms with van der Waals surface area (Å²) in [6, 6.07) is 46.5. The van der Waals surface area contributed by atoms with E-state index in [4.69, 9.17) is 0 Å². The first kappa shape index (κ1) is 33.0. The lowest BCUT2D eigenvalue weighted by Crippen LogP contribution is -2.15. The number of aromatic nitrogens is 1. The number of allylic oxidation sites excluding steroid dienone is 11. The molecule has 2 nitrogen and oxygen atoms in total. The minimum Gasteiger partial charge on any atom is -0.362 e. The molecule has 55 heavy (non-hydrogen) atoms. The van der Waals surface area contributed by atoms with Gasteiger partial charge in [-0.15, -0.1) is 0 Å². The van der Waals surface area contributed by atoms with Gasteiger partial charge in [-0.3, -0.25) is 0 Å². The predicted molar refractivity (Wildman–Crippen MR) is 234 cm³/mol. The maximum Gasteiger partial charge on any atom is 0.0544 e. The Morgan fingerprint density at radius 3 is 2.35 bits per heavy atom. The Kier molecular flexibility index (Phi) is 7.81. The lowest BCUT2D eigenvalue weighted by atomic mass is 9.80. The van der Waals surface area contributed by atoms with Crippen LogP contribution in [0, 0.1) is 11.8 Å². The van der Waals surface area contributed by atoms with E-state index >= 15 is 0 Å². The molecule has 7 aromatic rings. The molecule has 0 saturated heterocycles. The third-order valence-corrected chi connectivity index (χ3v) is 11.9. The standard InChI is InChI=1S/C53H42N2/c1-35(36-14-5-4-6-15-36)32-41(30-31-54-42-26-24-37-16-7-8-18-39(37)33-42)40-25-28-49-46(34-40)51-50(55(49)48-23-13-19-38-17-9-10-20-43(38)48)29-27-45-44-21-11-12-22-47(44)53(2,3)52(45)51/h4-34,37,39,54H,1H2,2-3H3/b31-30-,41-32+/t37-,39?/m0/s1. The molecule has 1 unspecified atom stereocenters. The van der Waals surface area contributed by atoms with Gasteiger partial charge < -0.3 is 9.88 Å². The Labute approximate surface area is 323 Å². The second-order valence-corrected chi connectivity index (χ2v) is 15.5. The van der Waals surface area contributed by atoms with Gasteiger partial charge in [0.05, 0.1) is 16.7 Å². The smallest absolute Gasteiger partial charge is 0.0544 e. The molecule has 0 radical (unpaired) electrons. The topological polar surface area (TPSA) is 17.0 Å². The van der Waals surface area contributed by atoms with Crippen molar-refractivity contribution in [2.24, 2.45) is 11.8 Å². The molecule has 264 valence electrons. The molecular formula is C53H42N2. The van der Waals surface area contributed by atoms with Crippen LogP contribution in [0.2, 0.25) is 0 Å². The lowest BCUT2D eigenvalue weighted by Gasteiger charge is -2.23. The number of fused-ring (bicyclic) bond motifs is 9. The van der Waals surface area contributed by atoms with Crippen LogP contribution < -0.4 is 5.32 Å². The molecular weight excluding hydrogens is 665 g/mol. The average molecular weight is 707 g/mol. The van der Waals surface area contributed by atoms with Crippen molar-refractivity contribution < 1.29 is 0 Å². The lowest BCUT2D eigenvalue weighted by molar-refractivity contribution is 0.649. The van der Waals surface area contributed by atoms with Crippen molar-refractivity contribution in [2.45, 2.75) is 19.3 Å². The van der Waals surface area contributed by atoms with Gasteiger partial charge >= 0.3 is 0 Å². The van der Waals surface area contributed by atoms with Crippen molar-refractivity contribution in [3.63, 3.8) is 0 Å². The number of nitrogens with zero attached hydrogens (tertiary/aromatic N) is 1. The maximum absolute atomic E-state index is 4.54. The Morgan fingerprint density at radius 1 is 0.691 bits per heavy atom. The van der Waals surface area contributed by atoms with Crippen LogP contribution in [0.1, 0.15) is 36.1 Å². The van der Waals surface area contributed by atoms with Gasteiger partial charge in [0, 0.05) is 45.3 Å². The highest BCUT2D eigenvalue weighted by Gasteiger charge is 2.38. The van der Waals surface area contributed by atoms with Gasteiger partial charge in [0.2, 0.25) is 0 Å². The van der Waals surface area contributed by atoms with E-state index in [1.165, 1.54) is 60.5 Å². The second-order valence-electron chi connectivity index (χ2n) is 15.5. The summed E-state index contributed by atoms with van der Waals surface area (Å²) in [6.07, 6.45) is 22.1. The number of nitrogens with one attached hydrogen (secondary N) is 1. The molecule has 3 aliphatic carbocycles. The van der Waals surface area contributed by atoms with E-state index in [0.29, 0.717) is 11.8 Å². The third kappa shape index (κ3) is 5.48. The van der Waals surface area contributed by atoms with E-state index < -0.39 is 0 Å². The molecule has 0 bridgehead atoms. The molecule has 2 atom stereocenters. The Hall–Kier alpha value is -6.64. The quantitative estimate of drug-likeness (QED) is 0.163. The molecule has 0 aliphatic heterocycles. The Balaban J connectivity index is 1.18. The fourth-order valence-electron chi connectivity index (χ4n) is 9.18. The van der Waals surface area contributed by atoms with E-state index in [0.717, 1.165) is 28.0 Å². The monoisotopic (exact) mass is 706 g/mol. The van der Waals surface area contributed by atoms with E-state index in [1.807, 2.05) is 0 Å². The molecule has 1 heterocycles. The van der Waals surface area contributed by atoms with Crippen LogP contribution >= 0.6 is 0 Å². The van der Waals surface area contributed by atoms with Crippen molar-refractivity contribution in [1.29, 1.82) is 0 Å². The normalized spacial score (nSPS) is 18.1. The zero-order valence-corrected chi connectivity index (χ0v) is 31.2. The van der Waals surface area contributed by atoms with Gasteiger partial charge in [-0.25, -0.2) is 0 Å². The summed E-state index contributed by atoms with van der Waals surface area (Å²) in [4.78, 5) is 0. The van der Waals surface area contributed by atoms with Gasteiger partial charge in [-0.05, 0) is 92.4 Å². The molecule has 0 saturated carbocycles. The van der Waals surface area contributed by atoms with Crippen LogP contribution in [0.4, 0.5) is 0 Å². The summed E-state index contributed by atoms with van der Waals surface area (Å²) >= 11 is 0. The second kappa shape index (κ2) is 13.0. The molecule has 0 amide bonds. The molecule has 2 heteroatoms. The summed E-state index contributed by atoms with van der Waals surface area (Å²) in [5.41, 5.74) is 14.3. The zero-order chi connectivity index (χ0) is 37.1. The first-order valence-corrected chi connectivity index (χ1v) is 19.3. The van der Waals surface area contributed by atoms with Crippen LogP contribution in [0.5, 0.6) is 0 Å². The molecule has 10 rings (SSSR count). The summed E-state index contributed by atoms with van der Waals surface area (Å²) in [7, 11) is 0. The van der Waals surface area contributed by atoms with Crippen molar-refractivity contribution in [3.8, 4) is 16.8 Å². The first-order chi connectivity index (χ1) is 27.0. The van der Waals surface area contributed by atoms with Crippen LogP contribution in [0.15, 0.2) is 201 Å². The van der Waals surface area contributed by atoms with Crippen molar-refractivity contribution in [2.75, 3.05) is 0 Å². The number of rotatable bonds is 7. The average Bonchev–Trinajstić information content (AvgIpc) is 3.68. The fraction of sp³-hybridized carbons (Fsp3) is 0.0943. The van der Waals surface area contributed by atoms with Crippen molar-refractivity contribution >= 4 is 43.7 Å². The Bertz CT molecular complexity index is 2880. The van der Waals surface area contributed by atoms with E-state index in [9.17, 15) is 0 Å². The summed E-state index contributed by atoms with van der Waals surface area (Å²) in [5, 5.41) is 8.63. The first-order valence-electron chi connectivity index (χ1n) is 19.3. The summed E-state index contributed by atoms with van der Waals surface area (Å²) in [5.74, 6) is 0.795. The molecule has 1 N–H and O–H groups in total. The van der Waals surface area contributed by atoms with Crippen LogP contribution in [-0.2, 0) is 5.41 Å². The van der Waals surface area contributed by atoms with E-state index in [-0.39, 0.29) is 5.41 Å². The van der Waals surface area contributed by atoms with E-state index in [1.54, 1.807) is 0 Å². The van der Waals surface area contributed by atoms with Gasteiger partial charge in [-0.2, -0.15) is 0 Å². The third-order valence-electron chi connectivity index (χ3n) is 11.9. The van der Waals surface area contributed by atoms with Crippen LogP contribution in [0.25, 0.3) is 60.5 Å². The Morgan fingerprint density at radius 2 is 1.45 bits per heavy atom. The number of hydrogen-bond donors (Lipinski definition) is 1. The SMILES string of the molecule is C=C(/C=C(\C=C/NC1=CC2C=CC=C[C@H]2C=C1)c1ccc2c(c1)c1c3c(ccc1n2-c1cccc2ccccc12)-c1ccccc1C3(C)C)c1ccccc1. The molecule has 1 aromatic heterocycles. The highest BCUT2D eigenvalue weighted by atomic mass is 15.0. The van der Waals surface area contributed by atoms with E-state index in [2.05, 4.69) is 219 Å². The van der Waals surface area contributed by atoms with Gasteiger partial charge in [-0.1, -0.05) is 160 Å². The molecule has 0 spiro atoms. The highest BCUT2D eigenvalue weighted by Crippen LogP contribution is 2.53. The minimum absolute atomic E-state index is 0.174. The zero-order valence-electron chi connectivity index (χ0n) is 31.2. The maximum atomic E-state index is 4.54. The van der Waals surface area contributed by atoms with Gasteiger partial charge in [0.15, 0.2) is 0 Å². The van der Waals surface area contributed by atoms with Gasteiger partial charge in [0.25, 0.3) is 0 Å². The minimum atomic E-state index is -0.174.